The zero-order chi connectivity index (χ0) is 16.6. The van der Waals surface area contributed by atoms with E-state index in [1.165, 1.54) is 24.3 Å². The highest BCUT2D eigenvalue weighted by molar-refractivity contribution is 5.63. The van der Waals surface area contributed by atoms with Crippen LogP contribution in [0.2, 0.25) is 0 Å². The Morgan fingerprint density at radius 1 is 1.22 bits per heavy atom. The molecule has 0 saturated heterocycles. The van der Waals surface area contributed by atoms with Gasteiger partial charge in [-0.15, -0.1) is 5.11 Å². The van der Waals surface area contributed by atoms with Gasteiger partial charge in [0.1, 0.15) is 0 Å². The molecular formula is C14H12N6O3. The molecule has 0 spiro atoms. The maximum atomic E-state index is 12.0. The lowest BCUT2D eigenvalue weighted by molar-refractivity contribution is -0.384. The van der Waals surface area contributed by atoms with Gasteiger partial charge in [-0.1, -0.05) is 0 Å². The van der Waals surface area contributed by atoms with Crippen LogP contribution < -0.4 is 5.56 Å². The minimum absolute atomic E-state index is 0.0379. The quantitative estimate of drug-likeness (QED) is 0.454. The van der Waals surface area contributed by atoms with Crippen molar-refractivity contribution in [2.45, 2.75) is 13.8 Å². The molecule has 2 aromatic heterocycles. The molecule has 2 heterocycles. The number of nitrogens with one attached hydrogen (secondary N) is 1. The highest BCUT2D eigenvalue weighted by Crippen LogP contribution is 2.22. The summed E-state index contributed by atoms with van der Waals surface area (Å²) < 4.78 is 1.54. The molecule has 0 bridgehead atoms. The fourth-order valence-electron chi connectivity index (χ4n) is 2.18. The first kappa shape index (κ1) is 14.6. The number of nitro benzene ring substituents is 1. The Balaban J connectivity index is 2.02. The van der Waals surface area contributed by atoms with Crippen LogP contribution in [0, 0.1) is 24.0 Å². The molecule has 0 aliphatic heterocycles. The monoisotopic (exact) mass is 312 g/mol. The Labute approximate surface area is 129 Å². The zero-order valence-corrected chi connectivity index (χ0v) is 12.3. The third kappa shape index (κ3) is 2.71. The zero-order valence-electron chi connectivity index (χ0n) is 12.3. The molecule has 9 heteroatoms. The molecule has 1 N–H and O–H groups in total. The van der Waals surface area contributed by atoms with Crippen molar-refractivity contribution in [3.8, 4) is 0 Å². The number of non-ortho nitro benzene ring substituents is 1. The van der Waals surface area contributed by atoms with Crippen LogP contribution in [-0.4, -0.2) is 19.5 Å². The van der Waals surface area contributed by atoms with Gasteiger partial charge in [-0.3, -0.25) is 20.0 Å². The fraction of sp³-hybridized carbons (Fsp3) is 0.143. The van der Waals surface area contributed by atoms with Crippen LogP contribution in [0.25, 0.3) is 5.65 Å². The Hall–Kier alpha value is -3.36. The lowest BCUT2D eigenvalue weighted by Crippen LogP contribution is -2.02. The number of nitrogens with zero attached hydrogens (tertiary/aromatic N) is 5. The van der Waals surface area contributed by atoms with Gasteiger partial charge in [0.2, 0.25) is 0 Å². The predicted octanol–water partition coefficient (Wildman–Crippen LogP) is 2.96. The summed E-state index contributed by atoms with van der Waals surface area (Å²) in [6, 6.07) is 7.39. The second-order valence-electron chi connectivity index (χ2n) is 4.96. The highest BCUT2D eigenvalue weighted by Gasteiger charge is 2.12. The van der Waals surface area contributed by atoms with Crippen molar-refractivity contribution in [3.63, 3.8) is 0 Å². The number of fused-ring (bicyclic) bond motifs is 1. The van der Waals surface area contributed by atoms with Crippen molar-refractivity contribution < 1.29 is 4.92 Å². The second kappa shape index (κ2) is 5.44. The fourth-order valence-corrected chi connectivity index (χ4v) is 2.18. The van der Waals surface area contributed by atoms with Crippen molar-refractivity contribution in [1.29, 1.82) is 0 Å². The number of aromatic nitrogens is 3. The smallest absolute Gasteiger partial charge is 0.265 e. The van der Waals surface area contributed by atoms with Gasteiger partial charge in [0.15, 0.2) is 11.3 Å². The standard InChI is InChI=1S/C14H12N6O3/c1-8-7-9(2)19-13(15-8)12(14(21)18-19)17-16-10-3-5-11(6-4-10)20(22)23/h3-7H,1-2H3,(H,18,21). The SMILES string of the molecule is Cc1cc(C)n2[nH]c(=O)c(N=Nc3ccc([N+](=O)[O-])cc3)c2n1. The van der Waals surface area contributed by atoms with Crippen LogP contribution in [0.1, 0.15) is 11.4 Å². The van der Waals surface area contributed by atoms with E-state index < -0.39 is 10.5 Å². The Kier molecular flexibility index (Phi) is 3.45. The number of hydrogen-bond acceptors (Lipinski definition) is 6. The summed E-state index contributed by atoms with van der Waals surface area (Å²) >= 11 is 0. The van der Waals surface area contributed by atoms with E-state index in [0.29, 0.717) is 11.3 Å². The van der Waals surface area contributed by atoms with Crippen LogP contribution in [0.15, 0.2) is 45.4 Å². The summed E-state index contributed by atoms with van der Waals surface area (Å²) in [7, 11) is 0. The molecule has 0 atom stereocenters. The van der Waals surface area contributed by atoms with Crippen molar-refractivity contribution in [1.82, 2.24) is 14.6 Å². The van der Waals surface area contributed by atoms with Crippen molar-refractivity contribution in [3.05, 3.63) is 62.2 Å². The minimum Gasteiger partial charge on any atom is -0.265 e. The molecule has 3 aromatic rings. The first-order chi connectivity index (χ1) is 11.0. The summed E-state index contributed by atoms with van der Waals surface area (Å²) in [5.41, 5.74) is 2.02. The van der Waals surface area contributed by atoms with Crippen LogP contribution in [-0.2, 0) is 0 Å². The van der Waals surface area contributed by atoms with Gasteiger partial charge in [0.25, 0.3) is 11.2 Å². The first-order valence-corrected chi connectivity index (χ1v) is 6.71. The highest BCUT2D eigenvalue weighted by atomic mass is 16.6. The van der Waals surface area contributed by atoms with E-state index in [1.807, 2.05) is 19.9 Å². The number of hydrogen-bond donors (Lipinski definition) is 1. The van der Waals surface area contributed by atoms with E-state index in [1.54, 1.807) is 4.52 Å². The molecule has 0 saturated carbocycles. The number of nitro groups is 1. The maximum Gasteiger partial charge on any atom is 0.294 e. The van der Waals surface area contributed by atoms with E-state index in [9.17, 15) is 14.9 Å². The van der Waals surface area contributed by atoms with Gasteiger partial charge in [0.05, 0.1) is 10.6 Å². The molecular weight excluding hydrogens is 300 g/mol. The Bertz CT molecular complexity index is 984. The van der Waals surface area contributed by atoms with E-state index in [0.717, 1.165) is 11.4 Å². The summed E-state index contributed by atoms with van der Waals surface area (Å²) in [5, 5.41) is 21.1. The third-order valence-corrected chi connectivity index (χ3v) is 3.23. The number of aromatic amines is 1. The molecule has 0 aliphatic rings. The molecule has 0 radical (unpaired) electrons. The maximum absolute atomic E-state index is 12.0. The van der Waals surface area contributed by atoms with Crippen molar-refractivity contribution in [2.24, 2.45) is 10.2 Å². The summed E-state index contributed by atoms with van der Waals surface area (Å²) in [4.78, 5) is 26.4. The molecule has 1 aromatic carbocycles. The molecule has 0 aliphatic carbocycles. The van der Waals surface area contributed by atoms with Gasteiger partial charge in [0, 0.05) is 23.5 Å². The average Bonchev–Trinajstić information content (AvgIpc) is 2.82. The summed E-state index contributed by atoms with van der Waals surface area (Å²) in [5.74, 6) is 0. The van der Waals surface area contributed by atoms with Gasteiger partial charge >= 0.3 is 0 Å². The molecule has 116 valence electrons. The number of aryl methyl sites for hydroxylation is 2. The number of benzene rings is 1. The molecule has 0 fully saturated rings. The van der Waals surface area contributed by atoms with Gasteiger partial charge in [-0.2, -0.15) is 5.11 Å². The van der Waals surface area contributed by atoms with E-state index >= 15 is 0 Å². The molecule has 3 rings (SSSR count). The Morgan fingerprint density at radius 2 is 1.91 bits per heavy atom. The van der Waals surface area contributed by atoms with Crippen LogP contribution in [0.4, 0.5) is 17.1 Å². The third-order valence-electron chi connectivity index (χ3n) is 3.23. The molecule has 9 nitrogen and oxygen atoms in total. The average molecular weight is 312 g/mol. The van der Waals surface area contributed by atoms with Crippen molar-refractivity contribution in [2.75, 3.05) is 0 Å². The summed E-state index contributed by atoms with van der Waals surface area (Å²) in [6.45, 7) is 3.66. The number of rotatable bonds is 3. The lowest BCUT2D eigenvalue weighted by atomic mass is 10.3. The van der Waals surface area contributed by atoms with Crippen LogP contribution in [0.3, 0.4) is 0 Å². The topological polar surface area (TPSA) is 118 Å². The second-order valence-corrected chi connectivity index (χ2v) is 4.96. The van der Waals surface area contributed by atoms with Gasteiger partial charge in [-0.25, -0.2) is 9.50 Å². The van der Waals surface area contributed by atoms with Crippen LogP contribution >= 0.6 is 0 Å². The van der Waals surface area contributed by atoms with Gasteiger partial charge in [-0.05, 0) is 32.0 Å². The molecule has 0 amide bonds. The largest absolute Gasteiger partial charge is 0.294 e. The van der Waals surface area contributed by atoms with Crippen LogP contribution in [0.5, 0.6) is 0 Å². The molecule has 0 unspecified atom stereocenters. The lowest BCUT2D eigenvalue weighted by Gasteiger charge is -2.00. The first-order valence-electron chi connectivity index (χ1n) is 6.71. The molecule has 23 heavy (non-hydrogen) atoms. The predicted molar refractivity (Wildman–Crippen MR) is 82.6 cm³/mol. The van der Waals surface area contributed by atoms with E-state index in [2.05, 4.69) is 20.3 Å². The van der Waals surface area contributed by atoms with Crippen molar-refractivity contribution >= 4 is 22.7 Å². The normalized spacial score (nSPS) is 11.4. The number of H-pyrrole nitrogens is 1. The Morgan fingerprint density at radius 3 is 2.57 bits per heavy atom. The van der Waals surface area contributed by atoms with E-state index in [-0.39, 0.29) is 11.4 Å². The van der Waals surface area contributed by atoms with Gasteiger partial charge < -0.3 is 0 Å². The number of azo groups is 1. The minimum atomic E-state index is -0.498. The van der Waals surface area contributed by atoms with E-state index in [4.69, 9.17) is 0 Å². The summed E-state index contributed by atoms with van der Waals surface area (Å²) in [6.07, 6.45) is 0.